The van der Waals surface area contributed by atoms with Gasteiger partial charge in [0, 0.05) is 5.57 Å². The van der Waals surface area contributed by atoms with Crippen molar-refractivity contribution in [2.45, 2.75) is 33.6 Å². The third-order valence-electron chi connectivity index (χ3n) is 2.48. The number of para-hydroxylation sites is 1. The molecule has 0 aliphatic heterocycles. The van der Waals surface area contributed by atoms with Crippen LogP contribution in [0, 0.1) is 0 Å². The predicted octanol–water partition coefficient (Wildman–Crippen LogP) is 3.29. The van der Waals surface area contributed by atoms with Crippen LogP contribution in [0.3, 0.4) is 0 Å². The number of rotatable bonds is 4. The first-order valence-electron chi connectivity index (χ1n) is 5.58. The van der Waals surface area contributed by atoms with E-state index in [1.165, 1.54) is 0 Å². The molecule has 0 atom stereocenters. The van der Waals surface area contributed by atoms with Gasteiger partial charge in [0.05, 0.1) is 0 Å². The van der Waals surface area contributed by atoms with Crippen LogP contribution in [0.4, 0.5) is 0 Å². The number of aryl methyl sites for hydroxylation is 2. The van der Waals surface area contributed by atoms with Gasteiger partial charge < -0.3 is 4.74 Å². The molecule has 0 fully saturated rings. The maximum atomic E-state index is 11.5. The van der Waals surface area contributed by atoms with Gasteiger partial charge in [-0.2, -0.15) is 0 Å². The average molecular weight is 218 g/mol. The van der Waals surface area contributed by atoms with E-state index >= 15 is 0 Å². The summed E-state index contributed by atoms with van der Waals surface area (Å²) in [4.78, 5) is 11.5. The molecular weight excluding hydrogens is 200 g/mol. The Kier molecular flexibility index (Phi) is 4.29. The molecule has 2 nitrogen and oxygen atoms in total. The third-order valence-corrected chi connectivity index (χ3v) is 2.48. The second-order valence-corrected chi connectivity index (χ2v) is 3.78. The van der Waals surface area contributed by atoms with Crippen LogP contribution in [0.1, 0.15) is 31.9 Å². The van der Waals surface area contributed by atoms with Gasteiger partial charge >= 0.3 is 5.97 Å². The minimum absolute atomic E-state index is 0.351. The molecule has 0 radical (unpaired) electrons. The zero-order valence-corrected chi connectivity index (χ0v) is 10.2. The Balaban J connectivity index is 3.09. The zero-order valence-electron chi connectivity index (χ0n) is 10.2. The van der Waals surface area contributed by atoms with Crippen LogP contribution in [0.15, 0.2) is 30.4 Å². The van der Waals surface area contributed by atoms with E-state index in [0.717, 1.165) is 24.0 Å². The maximum Gasteiger partial charge on any atom is 0.338 e. The molecule has 0 aliphatic rings. The van der Waals surface area contributed by atoms with E-state index in [1.54, 1.807) is 6.92 Å². The van der Waals surface area contributed by atoms with Crippen LogP contribution in [-0.2, 0) is 17.6 Å². The first-order valence-corrected chi connectivity index (χ1v) is 5.58. The summed E-state index contributed by atoms with van der Waals surface area (Å²) in [6.45, 7) is 9.34. The largest absolute Gasteiger partial charge is 0.423 e. The number of esters is 1. The van der Waals surface area contributed by atoms with Gasteiger partial charge in [0.1, 0.15) is 5.75 Å². The number of hydrogen-bond donors (Lipinski definition) is 0. The fraction of sp³-hybridized carbons (Fsp3) is 0.357. The Labute approximate surface area is 96.9 Å². The summed E-state index contributed by atoms with van der Waals surface area (Å²) in [5.41, 5.74) is 2.55. The molecule has 1 aromatic rings. The molecule has 86 valence electrons. The maximum absolute atomic E-state index is 11.5. The van der Waals surface area contributed by atoms with Crippen LogP contribution in [0.5, 0.6) is 5.75 Å². The smallest absolute Gasteiger partial charge is 0.338 e. The number of carbonyl (C=O) groups excluding carboxylic acids is 1. The molecular formula is C14H18O2. The predicted molar refractivity (Wildman–Crippen MR) is 65.6 cm³/mol. The SMILES string of the molecule is C=C(C)C(=O)Oc1c(CC)cccc1CC. The van der Waals surface area contributed by atoms with Gasteiger partial charge in [-0.15, -0.1) is 0 Å². The lowest BCUT2D eigenvalue weighted by atomic mass is 10.0. The van der Waals surface area contributed by atoms with Crippen molar-refractivity contribution in [3.63, 3.8) is 0 Å². The van der Waals surface area contributed by atoms with E-state index in [-0.39, 0.29) is 5.97 Å². The van der Waals surface area contributed by atoms with Crippen molar-refractivity contribution in [2.75, 3.05) is 0 Å². The van der Waals surface area contributed by atoms with Gasteiger partial charge in [-0.1, -0.05) is 38.6 Å². The summed E-state index contributed by atoms with van der Waals surface area (Å²) in [6, 6.07) is 5.97. The van der Waals surface area contributed by atoms with Crippen LogP contribution in [-0.4, -0.2) is 5.97 Å². The van der Waals surface area contributed by atoms with E-state index in [2.05, 4.69) is 6.58 Å². The minimum atomic E-state index is -0.351. The number of carbonyl (C=O) groups is 1. The van der Waals surface area contributed by atoms with E-state index in [0.29, 0.717) is 11.3 Å². The summed E-state index contributed by atoms with van der Waals surface area (Å²) in [6.07, 6.45) is 1.71. The first-order chi connectivity index (χ1) is 7.60. The zero-order chi connectivity index (χ0) is 12.1. The lowest BCUT2D eigenvalue weighted by Crippen LogP contribution is -2.11. The summed E-state index contributed by atoms with van der Waals surface area (Å²) >= 11 is 0. The molecule has 0 amide bonds. The van der Waals surface area contributed by atoms with Crippen molar-refractivity contribution in [1.82, 2.24) is 0 Å². The molecule has 0 aliphatic carbocycles. The van der Waals surface area contributed by atoms with Crippen molar-refractivity contribution in [1.29, 1.82) is 0 Å². The second-order valence-electron chi connectivity index (χ2n) is 3.78. The Bertz CT molecular complexity index is 383. The highest BCUT2D eigenvalue weighted by molar-refractivity contribution is 5.89. The number of ether oxygens (including phenoxy) is 1. The molecule has 0 N–H and O–H groups in total. The van der Waals surface area contributed by atoms with Crippen molar-refractivity contribution in [3.05, 3.63) is 41.5 Å². The van der Waals surface area contributed by atoms with Crippen molar-refractivity contribution >= 4 is 5.97 Å². The van der Waals surface area contributed by atoms with Gasteiger partial charge in [-0.3, -0.25) is 0 Å². The summed E-state index contributed by atoms with van der Waals surface area (Å²) in [5, 5.41) is 0. The second kappa shape index (κ2) is 5.50. The Morgan fingerprint density at radius 2 is 1.75 bits per heavy atom. The summed E-state index contributed by atoms with van der Waals surface area (Å²) < 4.78 is 5.38. The van der Waals surface area contributed by atoms with Crippen LogP contribution >= 0.6 is 0 Å². The van der Waals surface area contributed by atoms with Crippen molar-refractivity contribution in [2.24, 2.45) is 0 Å². The summed E-state index contributed by atoms with van der Waals surface area (Å²) in [5.74, 6) is 0.358. The quantitative estimate of drug-likeness (QED) is 0.440. The third kappa shape index (κ3) is 2.72. The highest BCUT2D eigenvalue weighted by atomic mass is 16.5. The standard InChI is InChI=1S/C14H18O2/c1-5-11-8-7-9-12(6-2)13(11)16-14(15)10(3)4/h7-9H,3,5-6H2,1-2,4H3. The molecule has 0 saturated carbocycles. The normalized spacial score (nSPS) is 9.94. The van der Waals surface area contributed by atoms with Gasteiger partial charge in [-0.05, 0) is 30.9 Å². The first kappa shape index (κ1) is 12.5. The van der Waals surface area contributed by atoms with Gasteiger partial charge in [0.15, 0.2) is 0 Å². The van der Waals surface area contributed by atoms with Crippen LogP contribution in [0.25, 0.3) is 0 Å². The van der Waals surface area contributed by atoms with Gasteiger partial charge in [0.2, 0.25) is 0 Å². The number of benzene rings is 1. The molecule has 16 heavy (non-hydrogen) atoms. The number of hydrogen-bond acceptors (Lipinski definition) is 2. The fourth-order valence-electron chi connectivity index (χ4n) is 1.51. The molecule has 2 heteroatoms. The highest BCUT2D eigenvalue weighted by Crippen LogP contribution is 2.25. The Morgan fingerprint density at radius 1 is 1.25 bits per heavy atom. The molecule has 1 rings (SSSR count). The topological polar surface area (TPSA) is 26.3 Å². The van der Waals surface area contributed by atoms with Gasteiger partial charge in [-0.25, -0.2) is 4.79 Å². The van der Waals surface area contributed by atoms with Gasteiger partial charge in [0.25, 0.3) is 0 Å². The average Bonchev–Trinajstić information content (AvgIpc) is 2.29. The summed E-state index contributed by atoms with van der Waals surface area (Å²) in [7, 11) is 0. The van der Waals surface area contributed by atoms with E-state index in [9.17, 15) is 4.79 Å². The molecule has 0 bridgehead atoms. The highest BCUT2D eigenvalue weighted by Gasteiger charge is 2.12. The Morgan fingerprint density at radius 3 is 2.12 bits per heavy atom. The minimum Gasteiger partial charge on any atom is -0.423 e. The molecule has 0 aromatic heterocycles. The Hall–Kier alpha value is -1.57. The lowest BCUT2D eigenvalue weighted by molar-refractivity contribution is -0.130. The van der Waals surface area contributed by atoms with Crippen LogP contribution < -0.4 is 4.74 Å². The van der Waals surface area contributed by atoms with E-state index in [4.69, 9.17) is 4.74 Å². The molecule has 1 aromatic carbocycles. The molecule has 0 saturated heterocycles. The van der Waals surface area contributed by atoms with Crippen LogP contribution in [0.2, 0.25) is 0 Å². The van der Waals surface area contributed by atoms with Crippen molar-refractivity contribution < 1.29 is 9.53 Å². The molecule has 0 heterocycles. The van der Waals surface area contributed by atoms with E-state index < -0.39 is 0 Å². The monoisotopic (exact) mass is 218 g/mol. The lowest BCUT2D eigenvalue weighted by Gasteiger charge is -2.12. The molecule has 0 unspecified atom stereocenters. The van der Waals surface area contributed by atoms with Crippen molar-refractivity contribution in [3.8, 4) is 5.75 Å². The fourth-order valence-corrected chi connectivity index (χ4v) is 1.51. The molecule has 0 spiro atoms. The van der Waals surface area contributed by atoms with E-state index in [1.807, 2.05) is 32.0 Å².